The standard InChI is InChI=1S/C21H27NO2/c1-15(2)14-24-21-11-9-20(10-12-21)19-7-5-18(6-8-19)13-16(3)22-17(4)23/h5-12,15-16H,13-14H2,1-4H3,(H,22,23). The van der Waals surface area contributed by atoms with Crippen LogP contribution < -0.4 is 10.1 Å². The Morgan fingerprint density at radius 1 is 0.958 bits per heavy atom. The normalized spacial score (nSPS) is 12.0. The van der Waals surface area contributed by atoms with E-state index in [0.29, 0.717) is 5.92 Å². The van der Waals surface area contributed by atoms with Gasteiger partial charge in [-0.2, -0.15) is 0 Å². The van der Waals surface area contributed by atoms with Gasteiger partial charge in [0, 0.05) is 13.0 Å². The number of carbonyl (C=O) groups is 1. The lowest BCUT2D eigenvalue weighted by atomic mass is 10.0. The minimum Gasteiger partial charge on any atom is -0.493 e. The van der Waals surface area contributed by atoms with E-state index in [1.165, 1.54) is 16.7 Å². The first-order valence-electron chi connectivity index (χ1n) is 8.53. The van der Waals surface area contributed by atoms with Crippen molar-refractivity contribution in [1.82, 2.24) is 5.32 Å². The van der Waals surface area contributed by atoms with Crippen LogP contribution in [0.1, 0.15) is 33.3 Å². The molecule has 24 heavy (non-hydrogen) atoms. The summed E-state index contributed by atoms with van der Waals surface area (Å²) in [6, 6.07) is 16.8. The smallest absolute Gasteiger partial charge is 0.217 e. The van der Waals surface area contributed by atoms with Crippen LogP contribution in [0.15, 0.2) is 48.5 Å². The van der Waals surface area contributed by atoms with Crippen molar-refractivity contribution in [2.24, 2.45) is 5.92 Å². The van der Waals surface area contributed by atoms with Crippen LogP contribution >= 0.6 is 0 Å². The molecule has 3 heteroatoms. The molecule has 1 N–H and O–H groups in total. The Labute approximate surface area is 145 Å². The largest absolute Gasteiger partial charge is 0.493 e. The highest BCUT2D eigenvalue weighted by molar-refractivity contribution is 5.73. The van der Waals surface area contributed by atoms with Gasteiger partial charge in [-0.3, -0.25) is 4.79 Å². The van der Waals surface area contributed by atoms with Crippen molar-refractivity contribution in [2.75, 3.05) is 6.61 Å². The van der Waals surface area contributed by atoms with Gasteiger partial charge in [0.1, 0.15) is 5.75 Å². The highest BCUT2D eigenvalue weighted by atomic mass is 16.5. The number of hydrogen-bond acceptors (Lipinski definition) is 2. The monoisotopic (exact) mass is 325 g/mol. The Kier molecular flexibility index (Phi) is 6.42. The van der Waals surface area contributed by atoms with Crippen LogP contribution in [-0.2, 0) is 11.2 Å². The molecule has 2 aromatic rings. The van der Waals surface area contributed by atoms with E-state index in [1.807, 2.05) is 19.1 Å². The van der Waals surface area contributed by atoms with Gasteiger partial charge in [-0.1, -0.05) is 50.2 Å². The lowest BCUT2D eigenvalue weighted by Gasteiger charge is -2.13. The maximum Gasteiger partial charge on any atom is 0.217 e. The van der Waals surface area contributed by atoms with E-state index in [-0.39, 0.29) is 11.9 Å². The van der Waals surface area contributed by atoms with Crippen molar-refractivity contribution < 1.29 is 9.53 Å². The minimum absolute atomic E-state index is 0.0129. The van der Waals surface area contributed by atoms with Gasteiger partial charge in [-0.15, -0.1) is 0 Å². The summed E-state index contributed by atoms with van der Waals surface area (Å²) in [5, 5.41) is 2.91. The van der Waals surface area contributed by atoms with Gasteiger partial charge >= 0.3 is 0 Å². The first kappa shape index (κ1) is 18.1. The third kappa shape index (κ3) is 5.73. The van der Waals surface area contributed by atoms with E-state index >= 15 is 0 Å². The highest BCUT2D eigenvalue weighted by Gasteiger charge is 2.05. The summed E-state index contributed by atoms with van der Waals surface area (Å²) in [6.07, 6.45) is 0.835. The number of nitrogens with one attached hydrogen (secondary N) is 1. The fourth-order valence-corrected chi connectivity index (χ4v) is 2.59. The molecule has 0 spiro atoms. The molecule has 1 atom stereocenters. The van der Waals surface area contributed by atoms with E-state index in [1.54, 1.807) is 6.92 Å². The predicted octanol–water partition coefficient (Wildman–Crippen LogP) is 4.46. The Morgan fingerprint density at radius 3 is 2.00 bits per heavy atom. The van der Waals surface area contributed by atoms with Gasteiger partial charge in [0.05, 0.1) is 6.61 Å². The van der Waals surface area contributed by atoms with Crippen LogP contribution in [0.4, 0.5) is 0 Å². The first-order valence-corrected chi connectivity index (χ1v) is 8.53. The number of carbonyl (C=O) groups excluding carboxylic acids is 1. The number of rotatable bonds is 7. The first-order chi connectivity index (χ1) is 11.4. The zero-order valence-electron chi connectivity index (χ0n) is 15.0. The molecule has 0 saturated carbocycles. The van der Waals surface area contributed by atoms with E-state index < -0.39 is 0 Å². The van der Waals surface area contributed by atoms with Crippen LogP contribution in [0.25, 0.3) is 11.1 Å². The van der Waals surface area contributed by atoms with Crippen LogP contribution in [0.2, 0.25) is 0 Å². The second-order valence-electron chi connectivity index (χ2n) is 6.73. The van der Waals surface area contributed by atoms with Crippen LogP contribution in [0.3, 0.4) is 0 Å². The fraction of sp³-hybridized carbons (Fsp3) is 0.381. The molecular formula is C21H27NO2. The van der Waals surface area contributed by atoms with Crippen molar-refractivity contribution in [3.63, 3.8) is 0 Å². The van der Waals surface area contributed by atoms with E-state index in [0.717, 1.165) is 18.8 Å². The second-order valence-corrected chi connectivity index (χ2v) is 6.73. The van der Waals surface area contributed by atoms with Crippen molar-refractivity contribution in [3.8, 4) is 16.9 Å². The quantitative estimate of drug-likeness (QED) is 0.816. The van der Waals surface area contributed by atoms with Crippen molar-refractivity contribution >= 4 is 5.91 Å². The summed E-state index contributed by atoms with van der Waals surface area (Å²) < 4.78 is 5.72. The van der Waals surface area contributed by atoms with Gasteiger partial charge in [-0.25, -0.2) is 0 Å². The molecule has 1 amide bonds. The molecule has 0 aromatic heterocycles. The molecule has 2 aromatic carbocycles. The number of benzene rings is 2. The predicted molar refractivity (Wildman–Crippen MR) is 99.2 cm³/mol. The molecule has 128 valence electrons. The van der Waals surface area contributed by atoms with Gasteiger partial charge < -0.3 is 10.1 Å². The maximum absolute atomic E-state index is 11.1. The number of ether oxygens (including phenoxy) is 1. The van der Waals surface area contributed by atoms with Gasteiger partial charge in [0.2, 0.25) is 5.91 Å². The summed E-state index contributed by atoms with van der Waals surface area (Å²) in [6.45, 7) is 8.59. The zero-order valence-corrected chi connectivity index (χ0v) is 15.0. The third-order valence-corrected chi connectivity index (χ3v) is 3.72. The molecule has 0 radical (unpaired) electrons. The second kappa shape index (κ2) is 8.53. The molecule has 0 aliphatic rings. The minimum atomic E-state index is 0.0129. The van der Waals surface area contributed by atoms with E-state index in [9.17, 15) is 4.79 Å². The number of hydrogen-bond donors (Lipinski definition) is 1. The Balaban J connectivity index is 1.98. The van der Waals surface area contributed by atoms with E-state index in [2.05, 4.69) is 55.6 Å². The van der Waals surface area contributed by atoms with Gasteiger partial charge in [-0.05, 0) is 48.1 Å². The summed E-state index contributed by atoms with van der Waals surface area (Å²) >= 11 is 0. The third-order valence-electron chi connectivity index (χ3n) is 3.72. The number of amides is 1. The van der Waals surface area contributed by atoms with Gasteiger partial charge in [0.25, 0.3) is 0 Å². The molecule has 1 unspecified atom stereocenters. The zero-order chi connectivity index (χ0) is 17.5. The highest BCUT2D eigenvalue weighted by Crippen LogP contribution is 2.23. The van der Waals surface area contributed by atoms with Crippen LogP contribution in [0, 0.1) is 5.92 Å². The fourth-order valence-electron chi connectivity index (χ4n) is 2.59. The molecule has 2 rings (SSSR count). The summed E-state index contributed by atoms with van der Waals surface area (Å²) in [5.74, 6) is 1.45. The van der Waals surface area contributed by atoms with Crippen molar-refractivity contribution in [3.05, 3.63) is 54.1 Å². The summed E-state index contributed by atoms with van der Waals surface area (Å²) in [4.78, 5) is 11.1. The van der Waals surface area contributed by atoms with Crippen molar-refractivity contribution in [1.29, 1.82) is 0 Å². The molecular weight excluding hydrogens is 298 g/mol. The molecule has 0 saturated heterocycles. The van der Waals surface area contributed by atoms with E-state index in [4.69, 9.17) is 4.74 Å². The average Bonchev–Trinajstić information content (AvgIpc) is 2.53. The molecule has 0 bridgehead atoms. The summed E-state index contributed by atoms with van der Waals surface area (Å²) in [7, 11) is 0. The Hall–Kier alpha value is -2.29. The summed E-state index contributed by atoms with van der Waals surface area (Å²) in [5.41, 5.74) is 3.58. The van der Waals surface area contributed by atoms with Crippen LogP contribution in [-0.4, -0.2) is 18.6 Å². The molecule has 0 heterocycles. The van der Waals surface area contributed by atoms with Crippen molar-refractivity contribution in [2.45, 2.75) is 40.2 Å². The molecule has 3 nitrogen and oxygen atoms in total. The average molecular weight is 325 g/mol. The topological polar surface area (TPSA) is 38.3 Å². The van der Waals surface area contributed by atoms with Gasteiger partial charge in [0.15, 0.2) is 0 Å². The molecule has 0 fully saturated rings. The Morgan fingerprint density at radius 2 is 1.50 bits per heavy atom. The van der Waals surface area contributed by atoms with Crippen LogP contribution in [0.5, 0.6) is 5.75 Å². The molecule has 0 aliphatic carbocycles. The lowest BCUT2D eigenvalue weighted by molar-refractivity contribution is -0.119. The lowest BCUT2D eigenvalue weighted by Crippen LogP contribution is -2.31. The molecule has 0 aliphatic heterocycles. The maximum atomic E-state index is 11.1. The SMILES string of the molecule is CC(=O)NC(C)Cc1ccc(-c2ccc(OCC(C)C)cc2)cc1. The Bertz CT molecular complexity index is 645.